The Kier molecular flexibility index (Phi) is 5.66. The van der Waals surface area contributed by atoms with Crippen LogP contribution in [0.25, 0.3) is 0 Å². The van der Waals surface area contributed by atoms with Crippen LogP contribution in [0.3, 0.4) is 0 Å². The van der Waals surface area contributed by atoms with Gasteiger partial charge in [-0.15, -0.1) is 4.72 Å². The second-order valence-corrected chi connectivity index (χ2v) is 8.87. The molecule has 0 aliphatic carbocycles. The predicted octanol–water partition coefficient (Wildman–Crippen LogP) is 4.73. The maximum atomic E-state index is 13.9. The summed E-state index contributed by atoms with van der Waals surface area (Å²) in [7, 11) is 0. The Morgan fingerprint density at radius 2 is 1.73 bits per heavy atom. The molecular formula is C17H19BrFNOS. The molecule has 5 heteroatoms. The first-order valence-corrected chi connectivity index (χ1v) is 8.91. The van der Waals surface area contributed by atoms with Crippen molar-refractivity contribution >= 4 is 27.3 Å². The van der Waals surface area contributed by atoms with E-state index in [1.165, 1.54) is 6.07 Å². The Morgan fingerprint density at radius 1 is 1.09 bits per heavy atom. The standard InChI is InChI=1S/C17H19BrFNOS/c1-17(2,3)22(21)20-16(12-7-5-4-6-8-12)13-9-10-14(18)15(19)11-13/h4-11,16,20H,1-3H3/t16?,22-/m1/s1. The van der Waals surface area contributed by atoms with Crippen molar-refractivity contribution in [2.75, 3.05) is 0 Å². The second kappa shape index (κ2) is 7.13. The number of halogens is 2. The van der Waals surface area contributed by atoms with E-state index in [4.69, 9.17) is 0 Å². The fourth-order valence-corrected chi connectivity index (χ4v) is 3.04. The smallest absolute Gasteiger partial charge is 0.137 e. The Labute approximate surface area is 142 Å². The zero-order valence-electron chi connectivity index (χ0n) is 12.8. The quantitative estimate of drug-likeness (QED) is 0.774. The van der Waals surface area contributed by atoms with E-state index in [1.54, 1.807) is 6.07 Å². The molecule has 0 spiro atoms. The van der Waals surface area contributed by atoms with Crippen molar-refractivity contribution in [2.24, 2.45) is 0 Å². The lowest BCUT2D eigenvalue weighted by molar-refractivity contribution is 0.535. The molecule has 2 aromatic carbocycles. The minimum Gasteiger partial charge on any atom is -0.598 e. The molecule has 22 heavy (non-hydrogen) atoms. The van der Waals surface area contributed by atoms with Crippen molar-refractivity contribution in [3.8, 4) is 0 Å². The van der Waals surface area contributed by atoms with E-state index >= 15 is 0 Å². The van der Waals surface area contributed by atoms with Crippen LogP contribution in [0.4, 0.5) is 4.39 Å². The van der Waals surface area contributed by atoms with E-state index in [9.17, 15) is 8.94 Å². The highest BCUT2D eigenvalue weighted by Gasteiger charge is 2.30. The maximum Gasteiger partial charge on any atom is 0.137 e. The first kappa shape index (κ1) is 17.5. The molecule has 0 radical (unpaired) electrons. The third-order valence-electron chi connectivity index (χ3n) is 3.19. The molecule has 0 heterocycles. The van der Waals surface area contributed by atoms with Gasteiger partial charge in [0.1, 0.15) is 16.6 Å². The monoisotopic (exact) mass is 383 g/mol. The number of hydrogen-bond donors (Lipinski definition) is 1. The van der Waals surface area contributed by atoms with E-state index in [1.807, 2.05) is 57.2 Å². The number of hydrogen-bond acceptors (Lipinski definition) is 2. The van der Waals surface area contributed by atoms with Crippen LogP contribution < -0.4 is 4.72 Å². The van der Waals surface area contributed by atoms with Gasteiger partial charge in [-0.1, -0.05) is 36.4 Å². The molecule has 0 bridgehead atoms. The summed E-state index contributed by atoms with van der Waals surface area (Å²) in [6.07, 6.45) is 0. The lowest BCUT2D eigenvalue weighted by atomic mass is 10.00. The van der Waals surface area contributed by atoms with Crippen LogP contribution in [0.2, 0.25) is 0 Å². The van der Waals surface area contributed by atoms with Crippen LogP contribution in [0.1, 0.15) is 37.9 Å². The van der Waals surface area contributed by atoms with Crippen molar-refractivity contribution in [3.63, 3.8) is 0 Å². The molecule has 1 unspecified atom stereocenters. The predicted molar refractivity (Wildman–Crippen MR) is 93.4 cm³/mol. The molecule has 0 aliphatic heterocycles. The van der Waals surface area contributed by atoms with Crippen LogP contribution in [0.5, 0.6) is 0 Å². The van der Waals surface area contributed by atoms with Crippen molar-refractivity contribution in [2.45, 2.75) is 31.6 Å². The zero-order chi connectivity index (χ0) is 16.3. The summed E-state index contributed by atoms with van der Waals surface area (Å²) >= 11 is 1.90. The summed E-state index contributed by atoms with van der Waals surface area (Å²) in [6.45, 7) is 5.71. The summed E-state index contributed by atoms with van der Waals surface area (Å²) in [5, 5.41) is 0. The molecule has 2 nitrogen and oxygen atoms in total. The van der Waals surface area contributed by atoms with Crippen molar-refractivity contribution in [1.82, 2.24) is 4.72 Å². The van der Waals surface area contributed by atoms with E-state index in [-0.39, 0.29) is 11.9 Å². The van der Waals surface area contributed by atoms with E-state index in [0.717, 1.165) is 11.1 Å². The Hall–Kier alpha value is -0.880. The second-order valence-electron chi connectivity index (χ2n) is 6.02. The lowest BCUT2D eigenvalue weighted by Gasteiger charge is -2.28. The van der Waals surface area contributed by atoms with Crippen LogP contribution in [-0.4, -0.2) is 9.30 Å². The van der Waals surface area contributed by atoms with Crippen LogP contribution in [-0.2, 0) is 11.4 Å². The van der Waals surface area contributed by atoms with Gasteiger partial charge in [0.05, 0.1) is 4.47 Å². The summed E-state index contributed by atoms with van der Waals surface area (Å²) < 4.78 is 29.5. The van der Waals surface area contributed by atoms with E-state index < -0.39 is 16.1 Å². The largest absolute Gasteiger partial charge is 0.598 e. The number of nitrogens with one attached hydrogen (secondary N) is 1. The molecule has 0 fully saturated rings. The van der Waals surface area contributed by atoms with Gasteiger partial charge in [0.2, 0.25) is 0 Å². The van der Waals surface area contributed by atoms with Gasteiger partial charge in [0.25, 0.3) is 0 Å². The first-order chi connectivity index (χ1) is 10.3. The van der Waals surface area contributed by atoms with Gasteiger partial charge in [-0.3, -0.25) is 0 Å². The minimum atomic E-state index is -1.26. The normalized spacial score (nSPS) is 14.6. The molecule has 118 valence electrons. The molecule has 2 atom stereocenters. The van der Waals surface area contributed by atoms with Gasteiger partial charge < -0.3 is 4.55 Å². The molecule has 2 aromatic rings. The van der Waals surface area contributed by atoms with Crippen molar-refractivity contribution in [1.29, 1.82) is 0 Å². The summed E-state index contributed by atoms with van der Waals surface area (Å²) in [5.74, 6) is -0.332. The summed E-state index contributed by atoms with van der Waals surface area (Å²) in [5.41, 5.74) is 1.69. The minimum absolute atomic E-state index is 0.330. The Balaban J connectivity index is 2.39. The molecule has 0 saturated heterocycles. The van der Waals surface area contributed by atoms with Crippen LogP contribution in [0.15, 0.2) is 53.0 Å². The van der Waals surface area contributed by atoms with Gasteiger partial charge >= 0.3 is 0 Å². The Bertz CT molecular complexity index is 630. The van der Waals surface area contributed by atoms with Crippen LogP contribution in [0, 0.1) is 5.82 Å². The van der Waals surface area contributed by atoms with Gasteiger partial charge in [-0.25, -0.2) is 4.39 Å². The van der Waals surface area contributed by atoms with Gasteiger partial charge in [0, 0.05) is 11.4 Å². The average Bonchev–Trinajstić information content (AvgIpc) is 2.47. The molecule has 0 aliphatic rings. The van der Waals surface area contributed by atoms with Crippen LogP contribution >= 0.6 is 15.9 Å². The molecule has 1 N–H and O–H groups in total. The Morgan fingerprint density at radius 3 is 2.27 bits per heavy atom. The molecule has 2 rings (SSSR count). The average molecular weight is 384 g/mol. The first-order valence-electron chi connectivity index (χ1n) is 6.97. The third kappa shape index (κ3) is 4.32. The fourth-order valence-electron chi connectivity index (χ4n) is 1.95. The summed E-state index contributed by atoms with van der Waals surface area (Å²) in [6, 6.07) is 14.3. The molecule has 0 amide bonds. The van der Waals surface area contributed by atoms with Crippen molar-refractivity contribution < 1.29 is 8.94 Å². The number of benzene rings is 2. The zero-order valence-corrected chi connectivity index (χ0v) is 15.2. The topological polar surface area (TPSA) is 35.1 Å². The molecule has 0 aromatic heterocycles. The van der Waals surface area contributed by atoms with Gasteiger partial charge in [0.15, 0.2) is 0 Å². The molecular weight excluding hydrogens is 365 g/mol. The third-order valence-corrected chi connectivity index (χ3v) is 5.40. The molecule has 0 saturated carbocycles. The van der Waals surface area contributed by atoms with Crippen molar-refractivity contribution in [3.05, 3.63) is 69.9 Å². The lowest BCUT2D eigenvalue weighted by Crippen LogP contribution is -2.41. The number of rotatable bonds is 4. The van der Waals surface area contributed by atoms with E-state index in [0.29, 0.717) is 4.47 Å². The van der Waals surface area contributed by atoms with E-state index in [2.05, 4.69) is 20.7 Å². The SMILES string of the molecule is CC(C)(C)[S@@+]([O-])NC(c1ccccc1)c1ccc(Br)c(F)c1. The summed E-state index contributed by atoms with van der Waals surface area (Å²) in [4.78, 5) is 0. The maximum absolute atomic E-state index is 13.9. The highest BCUT2D eigenvalue weighted by atomic mass is 79.9. The van der Waals surface area contributed by atoms with Gasteiger partial charge in [-0.2, -0.15) is 0 Å². The highest BCUT2D eigenvalue weighted by Crippen LogP contribution is 2.28. The highest BCUT2D eigenvalue weighted by molar-refractivity contribution is 9.10. The van der Waals surface area contributed by atoms with Gasteiger partial charge in [-0.05, 0) is 60.0 Å². The fraction of sp³-hybridized carbons (Fsp3) is 0.294.